The van der Waals surface area contributed by atoms with Gasteiger partial charge in [-0.2, -0.15) is 10.2 Å². The third-order valence-corrected chi connectivity index (χ3v) is 5.08. The highest BCUT2D eigenvalue weighted by molar-refractivity contribution is 7.19. The van der Waals surface area contributed by atoms with Gasteiger partial charge in [-0.15, -0.1) is 11.3 Å². The Morgan fingerprint density at radius 2 is 1.68 bits per heavy atom. The fourth-order valence-electron chi connectivity index (χ4n) is 2.80. The number of aromatic nitrogens is 1. The number of nitriles is 1. The van der Waals surface area contributed by atoms with E-state index in [0.29, 0.717) is 16.0 Å². The molecule has 1 aromatic heterocycles. The van der Waals surface area contributed by atoms with Gasteiger partial charge in [-0.25, -0.2) is 0 Å². The minimum Gasteiger partial charge on any atom is -0.267 e. The zero-order valence-electron chi connectivity index (χ0n) is 13.1. The van der Waals surface area contributed by atoms with Crippen LogP contribution in [0.3, 0.4) is 0 Å². The molecule has 3 nitrogen and oxygen atoms in total. The number of fused-ring (bicyclic) bond motifs is 2. The molecule has 0 aliphatic carbocycles. The van der Waals surface area contributed by atoms with Gasteiger partial charge in [0.1, 0.15) is 11.1 Å². The third kappa shape index (κ3) is 2.82. The second kappa shape index (κ2) is 6.31. The molecule has 0 spiro atoms. The van der Waals surface area contributed by atoms with Crippen molar-refractivity contribution in [2.45, 2.75) is 0 Å². The van der Waals surface area contributed by atoms with Gasteiger partial charge in [0.2, 0.25) is 0 Å². The van der Waals surface area contributed by atoms with Crippen molar-refractivity contribution < 1.29 is 0 Å². The second-order valence-electron chi connectivity index (χ2n) is 5.56. The van der Waals surface area contributed by atoms with E-state index in [2.05, 4.69) is 11.1 Å². The molecular weight excluding hydrogens is 328 g/mol. The lowest BCUT2D eigenvalue weighted by Crippen LogP contribution is -2.07. The molecule has 4 heteroatoms. The van der Waals surface area contributed by atoms with Crippen molar-refractivity contribution in [2.75, 3.05) is 0 Å². The van der Waals surface area contributed by atoms with Gasteiger partial charge in [-0.3, -0.25) is 4.79 Å². The maximum Gasteiger partial charge on any atom is 0.279 e. The van der Waals surface area contributed by atoms with Crippen molar-refractivity contribution in [3.63, 3.8) is 0 Å². The predicted molar refractivity (Wildman–Crippen MR) is 103 cm³/mol. The van der Waals surface area contributed by atoms with E-state index in [-0.39, 0.29) is 5.56 Å². The molecule has 0 atom stereocenters. The monoisotopic (exact) mass is 340 g/mol. The van der Waals surface area contributed by atoms with Gasteiger partial charge in [0.15, 0.2) is 0 Å². The lowest BCUT2D eigenvalue weighted by Gasteiger charge is -2.04. The molecule has 0 fully saturated rings. The summed E-state index contributed by atoms with van der Waals surface area (Å²) in [4.78, 5) is 16.4. The van der Waals surface area contributed by atoms with Crippen LogP contribution in [0, 0.1) is 11.3 Å². The standard InChI is InChI=1S/C21H12N2OS/c22-13-16(12-15-8-5-7-14-6-1-2-9-17(14)15)21-23-20(24)18-10-3-4-11-19(18)25-21/h1-12H. The summed E-state index contributed by atoms with van der Waals surface area (Å²) in [6.45, 7) is 0. The summed E-state index contributed by atoms with van der Waals surface area (Å²) in [7, 11) is 0. The van der Waals surface area contributed by atoms with Crippen molar-refractivity contribution in [1.29, 1.82) is 5.26 Å². The van der Waals surface area contributed by atoms with Crippen LogP contribution in [-0.2, 0) is 0 Å². The molecule has 0 N–H and O–H groups in total. The lowest BCUT2D eigenvalue weighted by molar-refractivity contribution is 1.28. The van der Waals surface area contributed by atoms with Crippen molar-refractivity contribution >= 4 is 43.8 Å². The first-order valence-corrected chi connectivity index (χ1v) is 8.58. The summed E-state index contributed by atoms with van der Waals surface area (Å²) in [5, 5.41) is 12.8. The molecule has 0 saturated carbocycles. The molecule has 0 radical (unpaired) electrons. The van der Waals surface area contributed by atoms with Gasteiger partial charge in [-0.1, -0.05) is 54.6 Å². The summed E-state index contributed by atoms with van der Waals surface area (Å²) < 4.78 is 0.830. The number of hydrogen-bond donors (Lipinski definition) is 0. The molecule has 118 valence electrons. The van der Waals surface area contributed by atoms with Gasteiger partial charge < -0.3 is 0 Å². The van der Waals surface area contributed by atoms with Crippen molar-refractivity contribution in [1.82, 2.24) is 4.98 Å². The Morgan fingerprint density at radius 1 is 0.960 bits per heavy atom. The Hall–Kier alpha value is -3.29. The van der Waals surface area contributed by atoms with Gasteiger partial charge in [-0.05, 0) is 34.5 Å². The second-order valence-corrected chi connectivity index (χ2v) is 6.59. The Labute approximate surface area is 148 Å². The van der Waals surface area contributed by atoms with E-state index in [9.17, 15) is 10.1 Å². The number of rotatable bonds is 2. The fourth-order valence-corrected chi connectivity index (χ4v) is 3.76. The summed E-state index contributed by atoms with van der Waals surface area (Å²) in [5.74, 6) is 0. The molecule has 3 aromatic carbocycles. The molecule has 4 rings (SSSR count). The van der Waals surface area contributed by atoms with Crippen LogP contribution in [-0.4, -0.2) is 4.98 Å². The number of nitrogens with zero attached hydrogens (tertiary/aromatic N) is 2. The molecule has 0 aliphatic rings. The van der Waals surface area contributed by atoms with Crippen molar-refractivity contribution in [2.24, 2.45) is 0 Å². The summed E-state index contributed by atoms with van der Waals surface area (Å²) in [6.07, 6.45) is 1.80. The normalized spacial score (nSPS) is 11.6. The molecule has 0 bridgehead atoms. The topological polar surface area (TPSA) is 53.8 Å². The van der Waals surface area contributed by atoms with E-state index in [1.54, 1.807) is 12.1 Å². The van der Waals surface area contributed by atoms with Crippen molar-refractivity contribution in [3.8, 4) is 6.07 Å². The summed E-state index contributed by atoms with van der Waals surface area (Å²) in [6, 6.07) is 23.5. The Balaban J connectivity index is 1.92. The van der Waals surface area contributed by atoms with E-state index in [0.717, 1.165) is 21.0 Å². The predicted octanol–water partition coefficient (Wildman–Crippen LogP) is 4.87. The Bertz CT molecular complexity index is 1230. The lowest BCUT2D eigenvalue weighted by atomic mass is 10.0. The molecule has 1 heterocycles. The molecule has 0 amide bonds. The zero-order valence-corrected chi connectivity index (χ0v) is 14.0. The summed E-state index contributed by atoms with van der Waals surface area (Å²) in [5.41, 5.74) is 1.02. The zero-order chi connectivity index (χ0) is 17.2. The average Bonchev–Trinajstić information content (AvgIpc) is 2.66. The van der Waals surface area contributed by atoms with Crippen LogP contribution in [0.25, 0.3) is 32.5 Å². The van der Waals surface area contributed by atoms with Crippen LogP contribution in [0.2, 0.25) is 0 Å². The minimum atomic E-state index is -0.302. The van der Waals surface area contributed by atoms with Gasteiger partial charge in [0.05, 0.1) is 11.0 Å². The highest BCUT2D eigenvalue weighted by Crippen LogP contribution is 2.26. The van der Waals surface area contributed by atoms with E-state index >= 15 is 0 Å². The SMILES string of the molecule is N#CC(=Cc1cccc2ccccc12)c1nc(=O)c2ccccc2s1. The first-order chi connectivity index (χ1) is 12.3. The van der Waals surface area contributed by atoms with E-state index < -0.39 is 0 Å². The van der Waals surface area contributed by atoms with Crippen LogP contribution in [0.4, 0.5) is 0 Å². The van der Waals surface area contributed by atoms with Crippen molar-refractivity contribution in [3.05, 3.63) is 87.7 Å². The van der Waals surface area contributed by atoms with E-state index in [4.69, 9.17) is 0 Å². The van der Waals surface area contributed by atoms with Crippen LogP contribution < -0.4 is 5.56 Å². The Kier molecular flexibility index (Phi) is 3.85. The number of benzene rings is 3. The highest BCUT2D eigenvalue weighted by Gasteiger charge is 2.09. The van der Waals surface area contributed by atoms with E-state index in [1.165, 1.54) is 11.3 Å². The van der Waals surface area contributed by atoms with Gasteiger partial charge >= 0.3 is 0 Å². The third-order valence-electron chi connectivity index (χ3n) is 4.00. The molecule has 0 aliphatic heterocycles. The first kappa shape index (κ1) is 15.3. The molecule has 4 aromatic rings. The van der Waals surface area contributed by atoms with Gasteiger partial charge in [0, 0.05) is 4.70 Å². The maximum absolute atomic E-state index is 12.2. The number of hydrogen-bond acceptors (Lipinski definition) is 4. The Morgan fingerprint density at radius 3 is 2.52 bits per heavy atom. The summed E-state index contributed by atoms with van der Waals surface area (Å²) >= 11 is 1.36. The molecule has 0 unspecified atom stereocenters. The average molecular weight is 340 g/mol. The molecule has 25 heavy (non-hydrogen) atoms. The largest absolute Gasteiger partial charge is 0.279 e. The van der Waals surface area contributed by atoms with Crippen LogP contribution in [0.15, 0.2) is 71.5 Å². The maximum atomic E-state index is 12.2. The minimum absolute atomic E-state index is 0.302. The molecule has 0 saturated heterocycles. The first-order valence-electron chi connectivity index (χ1n) is 7.76. The van der Waals surface area contributed by atoms with Crippen LogP contribution in [0.1, 0.15) is 10.6 Å². The highest BCUT2D eigenvalue weighted by atomic mass is 32.1. The smallest absolute Gasteiger partial charge is 0.267 e. The van der Waals surface area contributed by atoms with Gasteiger partial charge in [0.25, 0.3) is 5.56 Å². The van der Waals surface area contributed by atoms with E-state index in [1.807, 2.05) is 60.7 Å². The number of allylic oxidation sites excluding steroid dienone is 1. The molecular formula is C21H12N2OS. The fraction of sp³-hybridized carbons (Fsp3) is 0. The van der Waals surface area contributed by atoms with Crippen LogP contribution >= 0.6 is 11.3 Å². The quantitative estimate of drug-likeness (QED) is 0.489. The van der Waals surface area contributed by atoms with Crippen LogP contribution in [0.5, 0.6) is 0 Å².